The zero-order valence-corrected chi connectivity index (χ0v) is 17.4. The lowest BCUT2D eigenvalue weighted by atomic mass is 10.0. The standard InChI is InChI=1S/C23H26N4O3/c1-4-12-26(22(29)18-11-10-15(2)13-16(18)3)19-20(24)27(23(30)25-21(19)28)14-17-8-6-5-7-9-17/h5-11,13H,4,12,14,24H2,1-3H3,(H,25,28,30). The van der Waals surface area contributed by atoms with E-state index in [1.807, 2.05) is 63.2 Å². The van der Waals surface area contributed by atoms with E-state index in [9.17, 15) is 14.4 Å². The Morgan fingerprint density at radius 1 is 1.10 bits per heavy atom. The van der Waals surface area contributed by atoms with Gasteiger partial charge in [-0.3, -0.25) is 19.1 Å². The molecule has 0 radical (unpaired) electrons. The van der Waals surface area contributed by atoms with Gasteiger partial charge in [0.15, 0.2) is 5.69 Å². The average Bonchev–Trinajstić information content (AvgIpc) is 2.70. The Labute approximate surface area is 174 Å². The quantitative estimate of drug-likeness (QED) is 0.657. The number of hydrogen-bond acceptors (Lipinski definition) is 4. The number of carbonyl (C=O) groups excluding carboxylic acids is 1. The van der Waals surface area contributed by atoms with Crippen LogP contribution in [0, 0.1) is 13.8 Å². The second-order valence-corrected chi connectivity index (χ2v) is 7.34. The summed E-state index contributed by atoms with van der Waals surface area (Å²) in [5.74, 6) is -0.351. The number of nitrogens with one attached hydrogen (secondary N) is 1. The van der Waals surface area contributed by atoms with Crippen molar-refractivity contribution < 1.29 is 4.79 Å². The number of amides is 1. The number of nitrogens with zero attached hydrogens (tertiary/aromatic N) is 2. The zero-order valence-electron chi connectivity index (χ0n) is 17.4. The van der Waals surface area contributed by atoms with Gasteiger partial charge in [-0.05, 0) is 37.5 Å². The summed E-state index contributed by atoms with van der Waals surface area (Å²) in [5, 5.41) is 0. The number of benzene rings is 2. The fourth-order valence-corrected chi connectivity index (χ4v) is 3.50. The Hall–Kier alpha value is -3.61. The van der Waals surface area contributed by atoms with Gasteiger partial charge in [-0.1, -0.05) is 55.0 Å². The number of hydrogen-bond donors (Lipinski definition) is 2. The Balaban J connectivity index is 2.12. The van der Waals surface area contributed by atoms with Crippen LogP contribution < -0.4 is 21.9 Å². The summed E-state index contributed by atoms with van der Waals surface area (Å²) >= 11 is 0. The maximum Gasteiger partial charge on any atom is 0.330 e. The number of aromatic nitrogens is 2. The molecule has 7 heteroatoms. The molecule has 0 aliphatic carbocycles. The number of nitrogens with two attached hydrogens (primary N) is 1. The van der Waals surface area contributed by atoms with Gasteiger partial charge in [0, 0.05) is 12.1 Å². The molecule has 1 aromatic heterocycles. The summed E-state index contributed by atoms with van der Waals surface area (Å²) in [5.41, 5.74) is 8.21. The van der Waals surface area contributed by atoms with Gasteiger partial charge in [0.05, 0.1) is 6.54 Å². The van der Waals surface area contributed by atoms with Crippen molar-refractivity contribution in [2.24, 2.45) is 0 Å². The molecule has 7 nitrogen and oxygen atoms in total. The van der Waals surface area contributed by atoms with E-state index in [0.717, 1.165) is 16.7 Å². The molecule has 0 bridgehead atoms. The van der Waals surface area contributed by atoms with Crippen molar-refractivity contribution in [3.8, 4) is 0 Å². The van der Waals surface area contributed by atoms with Crippen LogP contribution in [0.1, 0.15) is 40.4 Å². The molecular weight excluding hydrogens is 380 g/mol. The summed E-state index contributed by atoms with van der Waals surface area (Å²) < 4.78 is 1.28. The van der Waals surface area contributed by atoms with E-state index >= 15 is 0 Å². The average molecular weight is 406 g/mol. The van der Waals surface area contributed by atoms with Crippen LogP contribution in [-0.2, 0) is 6.54 Å². The number of aromatic amines is 1. The maximum atomic E-state index is 13.4. The molecule has 0 unspecified atom stereocenters. The van der Waals surface area contributed by atoms with E-state index in [1.165, 1.54) is 9.47 Å². The highest BCUT2D eigenvalue weighted by atomic mass is 16.2. The third kappa shape index (κ3) is 4.20. The molecule has 0 aliphatic rings. The SMILES string of the molecule is CCCN(C(=O)c1ccc(C)cc1C)c1c(N)n(Cc2ccccc2)c(=O)[nH]c1=O. The number of aryl methyl sites for hydroxylation is 2. The predicted octanol–water partition coefficient (Wildman–Crippen LogP) is 2.84. The van der Waals surface area contributed by atoms with Gasteiger partial charge in [-0.15, -0.1) is 0 Å². The monoisotopic (exact) mass is 406 g/mol. The van der Waals surface area contributed by atoms with E-state index in [2.05, 4.69) is 4.98 Å². The van der Waals surface area contributed by atoms with Crippen molar-refractivity contribution in [1.82, 2.24) is 9.55 Å². The first-order valence-corrected chi connectivity index (χ1v) is 9.89. The molecule has 3 aromatic rings. The van der Waals surface area contributed by atoms with Gasteiger partial charge in [0.1, 0.15) is 5.82 Å². The Kier molecular flexibility index (Phi) is 6.20. The van der Waals surface area contributed by atoms with E-state index in [4.69, 9.17) is 5.73 Å². The Bertz CT molecular complexity index is 1180. The van der Waals surface area contributed by atoms with Gasteiger partial charge >= 0.3 is 5.69 Å². The first-order valence-electron chi connectivity index (χ1n) is 9.89. The van der Waals surface area contributed by atoms with E-state index in [0.29, 0.717) is 18.5 Å². The second kappa shape index (κ2) is 8.82. The Morgan fingerprint density at radius 2 is 1.80 bits per heavy atom. The smallest absolute Gasteiger partial charge is 0.330 e. The minimum absolute atomic E-state index is 0.00245. The van der Waals surface area contributed by atoms with Gasteiger partial charge in [0.2, 0.25) is 0 Å². The fourth-order valence-electron chi connectivity index (χ4n) is 3.50. The van der Waals surface area contributed by atoms with Crippen molar-refractivity contribution in [2.45, 2.75) is 33.7 Å². The molecule has 0 atom stereocenters. The second-order valence-electron chi connectivity index (χ2n) is 7.34. The van der Waals surface area contributed by atoms with Crippen LogP contribution in [0.2, 0.25) is 0 Å². The topological polar surface area (TPSA) is 101 Å². The lowest BCUT2D eigenvalue weighted by Crippen LogP contribution is -2.41. The summed E-state index contributed by atoms with van der Waals surface area (Å²) in [4.78, 5) is 42.2. The van der Waals surface area contributed by atoms with Crippen molar-refractivity contribution >= 4 is 17.4 Å². The van der Waals surface area contributed by atoms with Gasteiger partial charge in [-0.25, -0.2) is 4.79 Å². The Morgan fingerprint density at radius 3 is 2.43 bits per heavy atom. The van der Waals surface area contributed by atoms with Crippen LogP contribution in [0.25, 0.3) is 0 Å². The van der Waals surface area contributed by atoms with Gasteiger partial charge < -0.3 is 10.6 Å². The molecule has 0 aliphatic heterocycles. The third-order valence-corrected chi connectivity index (χ3v) is 4.97. The molecule has 0 saturated heterocycles. The van der Waals surface area contributed by atoms with Crippen LogP contribution in [0.3, 0.4) is 0 Å². The number of anilines is 2. The number of rotatable bonds is 6. The highest BCUT2D eigenvalue weighted by molar-refractivity contribution is 6.08. The normalized spacial score (nSPS) is 10.8. The van der Waals surface area contributed by atoms with Crippen LogP contribution in [0.4, 0.5) is 11.5 Å². The van der Waals surface area contributed by atoms with Gasteiger partial charge in [0.25, 0.3) is 11.5 Å². The zero-order chi connectivity index (χ0) is 21.8. The summed E-state index contributed by atoms with van der Waals surface area (Å²) in [6.07, 6.45) is 0.618. The van der Waals surface area contributed by atoms with Crippen LogP contribution in [0.15, 0.2) is 58.1 Å². The first kappa shape index (κ1) is 21.1. The summed E-state index contributed by atoms with van der Waals surface area (Å²) in [6.45, 7) is 6.20. The lowest BCUT2D eigenvalue weighted by molar-refractivity contribution is 0.0986. The summed E-state index contributed by atoms with van der Waals surface area (Å²) in [6, 6.07) is 14.8. The number of nitrogen functional groups attached to an aromatic ring is 1. The molecule has 3 N–H and O–H groups in total. The minimum atomic E-state index is -0.673. The lowest BCUT2D eigenvalue weighted by Gasteiger charge is -2.25. The highest BCUT2D eigenvalue weighted by Crippen LogP contribution is 2.22. The number of carbonyl (C=O) groups is 1. The third-order valence-electron chi connectivity index (χ3n) is 4.97. The van der Waals surface area contributed by atoms with Gasteiger partial charge in [-0.2, -0.15) is 0 Å². The summed E-state index contributed by atoms with van der Waals surface area (Å²) in [7, 11) is 0. The molecule has 1 amide bonds. The van der Waals surface area contributed by atoms with Crippen molar-refractivity contribution in [2.75, 3.05) is 17.2 Å². The molecular formula is C23H26N4O3. The minimum Gasteiger partial charge on any atom is -0.383 e. The fraction of sp³-hybridized carbons (Fsp3) is 0.261. The van der Waals surface area contributed by atoms with E-state index in [-0.39, 0.29) is 24.0 Å². The van der Waals surface area contributed by atoms with E-state index < -0.39 is 11.2 Å². The molecule has 3 rings (SSSR count). The first-order chi connectivity index (χ1) is 14.3. The molecule has 2 aromatic carbocycles. The van der Waals surface area contributed by atoms with Crippen LogP contribution >= 0.6 is 0 Å². The molecule has 0 saturated carbocycles. The largest absolute Gasteiger partial charge is 0.383 e. The number of H-pyrrole nitrogens is 1. The predicted molar refractivity (Wildman–Crippen MR) is 119 cm³/mol. The molecule has 30 heavy (non-hydrogen) atoms. The van der Waals surface area contributed by atoms with Crippen LogP contribution in [-0.4, -0.2) is 22.0 Å². The molecule has 1 heterocycles. The van der Waals surface area contributed by atoms with Crippen molar-refractivity contribution in [3.05, 3.63) is 91.6 Å². The van der Waals surface area contributed by atoms with Crippen molar-refractivity contribution in [3.63, 3.8) is 0 Å². The van der Waals surface area contributed by atoms with Crippen molar-refractivity contribution in [1.29, 1.82) is 0 Å². The molecule has 156 valence electrons. The molecule has 0 spiro atoms. The van der Waals surface area contributed by atoms with Crippen LogP contribution in [0.5, 0.6) is 0 Å². The molecule has 0 fully saturated rings. The van der Waals surface area contributed by atoms with E-state index in [1.54, 1.807) is 6.07 Å². The maximum absolute atomic E-state index is 13.4. The highest BCUT2D eigenvalue weighted by Gasteiger charge is 2.25.